The fourth-order valence-corrected chi connectivity index (χ4v) is 2.82. The minimum atomic E-state index is 0.843. The van der Waals surface area contributed by atoms with Crippen LogP contribution in [0.25, 0.3) is 0 Å². The number of nitrogens with zero attached hydrogens (tertiary/aromatic N) is 1. The number of rotatable bonds is 2. The lowest BCUT2D eigenvalue weighted by Gasteiger charge is -2.23. The van der Waals surface area contributed by atoms with E-state index >= 15 is 0 Å². The molecule has 1 aliphatic heterocycles. The molecule has 1 fully saturated rings. The van der Waals surface area contributed by atoms with E-state index in [1.807, 2.05) is 0 Å². The van der Waals surface area contributed by atoms with Crippen LogP contribution in [0.5, 0.6) is 0 Å². The third kappa shape index (κ3) is 1.67. The summed E-state index contributed by atoms with van der Waals surface area (Å²) in [5.41, 5.74) is 0. The molecule has 0 aromatic carbocycles. The molecule has 0 bridgehead atoms. The standard InChI is InChI=1S/C8H17NS/c1-4-7(2)8-5-10-6-9(8)3/h7-8H,4-6H2,1-3H3/t7?,8-/m0/s1. The topological polar surface area (TPSA) is 3.24 Å². The molecule has 0 saturated carbocycles. The molecule has 0 radical (unpaired) electrons. The maximum atomic E-state index is 2.47. The van der Waals surface area contributed by atoms with E-state index in [0.29, 0.717) is 0 Å². The van der Waals surface area contributed by atoms with Crippen molar-refractivity contribution in [2.75, 3.05) is 18.7 Å². The normalized spacial score (nSPS) is 30.9. The highest BCUT2D eigenvalue weighted by molar-refractivity contribution is 7.99. The molecule has 2 heteroatoms. The van der Waals surface area contributed by atoms with Crippen molar-refractivity contribution in [3.8, 4) is 0 Å². The summed E-state index contributed by atoms with van der Waals surface area (Å²) >= 11 is 2.06. The smallest absolute Gasteiger partial charge is 0.0445 e. The number of thioether (sulfide) groups is 1. The first kappa shape index (κ1) is 8.41. The zero-order valence-corrected chi connectivity index (χ0v) is 7.95. The summed E-state index contributed by atoms with van der Waals surface area (Å²) in [4.78, 5) is 2.47. The van der Waals surface area contributed by atoms with Crippen molar-refractivity contribution in [2.24, 2.45) is 5.92 Å². The molecule has 1 rings (SSSR count). The van der Waals surface area contributed by atoms with Crippen molar-refractivity contribution < 1.29 is 0 Å². The van der Waals surface area contributed by atoms with Crippen molar-refractivity contribution in [1.29, 1.82) is 0 Å². The van der Waals surface area contributed by atoms with E-state index in [1.165, 1.54) is 18.1 Å². The molecule has 1 heterocycles. The Balaban J connectivity index is 2.38. The van der Waals surface area contributed by atoms with Gasteiger partial charge in [-0.1, -0.05) is 20.3 Å². The highest BCUT2D eigenvalue weighted by Gasteiger charge is 2.25. The summed E-state index contributed by atoms with van der Waals surface area (Å²) in [6, 6.07) is 0.843. The number of hydrogen-bond donors (Lipinski definition) is 0. The van der Waals surface area contributed by atoms with Gasteiger partial charge in [0.25, 0.3) is 0 Å². The van der Waals surface area contributed by atoms with E-state index in [9.17, 15) is 0 Å². The lowest BCUT2D eigenvalue weighted by Crippen LogP contribution is -2.32. The van der Waals surface area contributed by atoms with Gasteiger partial charge >= 0.3 is 0 Å². The van der Waals surface area contributed by atoms with Gasteiger partial charge in [0, 0.05) is 17.7 Å². The zero-order chi connectivity index (χ0) is 7.56. The van der Waals surface area contributed by atoms with Gasteiger partial charge in [-0.05, 0) is 13.0 Å². The molecule has 0 spiro atoms. The minimum absolute atomic E-state index is 0.843. The maximum absolute atomic E-state index is 2.47. The van der Waals surface area contributed by atoms with Gasteiger partial charge in [-0.25, -0.2) is 0 Å². The predicted octanol–water partition coefficient (Wildman–Crippen LogP) is 2.04. The molecular formula is C8H17NS. The molecule has 0 amide bonds. The summed E-state index contributed by atoms with van der Waals surface area (Å²) in [5.74, 6) is 3.44. The molecule has 2 atom stereocenters. The zero-order valence-electron chi connectivity index (χ0n) is 7.13. The first-order valence-corrected chi connectivity index (χ1v) is 5.19. The first-order valence-electron chi connectivity index (χ1n) is 4.03. The second kappa shape index (κ2) is 3.63. The van der Waals surface area contributed by atoms with Crippen molar-refractivity contribution in [2.45, 2.75) is 26.3 Å². The van der Waals surface area contributed by atoms with E-state index in [2.05, 4.69) is 37.6 Å². The first-order chi connectivity index (χ1) is 4.75. The quantitative estimate of drug-likeness (QED) is 0.606. The van der Waals surface area contributed by atoms with Gasteiger partial charge in [-0.2, -0.15) is 0 Å². The maximum Gasteiger partial charge on any atom is 0.0445 e. The van der Waals surface area contributed by atoms with E-state index in [-0.39, 0.29) is 0 Å². The Hall–Kier alpha value is 0.310. The van der Waals surface area contributed by atoms with E-state index in [4.69, 9.17) is 0 Å². The Morgan fingerprint density at radius 2 is 2.40 bits per heavy atom. The highest BCUT2D eigenvalue weighted by Crippen LogP contribution is 2.25. The van der Waals surface area contributed by atoms with Crippen LogP contribution in [-0.4, -0.2) is 29.6 Å². The van der Waals surface area contributed by atoms with Gasteiger partial charge in [0.05, 0.1) is 0 Å². The Labute approximate surface area is 68.2 Å². The van der Waals surface area contributed by atoms with E-state index in [1.54, 1.807) is 0 Å². The average Bonchev–Trinajstić information content (AvgIpc) is 2.34. The van der Waals surface area contributed by atoms with Crippen LogP contribution in [-0.2, 0) is 0 Å². The van der Waals surface area contributed by atoms with Crippen molar-refractivity contribution >= 4 is 11.8 Å². The Bertz CT molecular complexity index is 105. The van der Waals surface area contributed by atoms with Crippen LogP contribution < -0.4 is 0 Å². The van der Waals surface area contributed by atoms with Crippen LogP contribution in [0.15, 0.2) is 0 Å². The Kier molecular flexibility index (Phi) is 3.05. The summed E-state index contributed by atoms with van der Waals surface area (Å²) in [6.45, 7) is 4.63. The lowest BCUT2D eigenvalue weighted by atomic mass is 10.0. The minimum Gasteiger partial charge on any atom is -0.293 e. The Morgan fingerprint density at radius 1 is 1.70 bits per heavy atom. The average molecular weight is 159 g/mol. The summed E-state index contributed by atoms with van der Waals surface area (Å²) in [5, 5.41) is 0. The van der Waals surface area contributed by atoms with Gasteiger partial charge in [0.2, 0.25) is 0 Å². The molecule has 0 aliphatic carbocycles. The van der Waals surface area contributed by atoms with E-state index < -0.39 is 0 Å². The third-order valence-corrected chi connectivity index (χ3v) is 3.62. The second-order valence-electron chi connectivity index (χ2n) is 3.21. The second-order valence-corrected chi connectivity index (χ2v) is 4.21. The van der Waals surface area contributed by atoms with Crippen molar-refractivity contribution in [3.63, 3.8) is 0 Å². The van der Waals surface area contributed by atoms with Gasteiger partial charge < -0.3 is 0 Å². The lowest BCUT2D eigenvalue weighted by molar-refractivity contribution is 0.244. The predicted molar refractivity (Wildman–Crippen MR) is 48.3 cm³/mol. The van der Waals surface area contributed by atoms with Crippen LogP contribution in [0.1, 0.15) is 20.3 Å². The van der Waals surface area contributed by atoms with Gasteiger partial charge in [0.1, 0.15) is 0 Å². The fraction of sp³-hybridized carbons (Fsp3) is 1.00. The molecule has 0 aromatic rings. The van der Waals surface area contributed by atoms with E-state index in [0.717, 1.165) is 12.0 Å². The van der Waals surface area contributed by atoms with Crippen LogP contribution >= 0.6 is 11.8 Å². The molecule has 1 saturated heterocycles. The SMILES string of the molecule is CCC(C)[C@@H]1CSCN1C. The van der Waals surface area contributed by atoms with Gasteiger partial charge in [0.15, 0.2) is 0 Å². The summed E-state index contributed by atoms with van der Waals surface area (Å²) in [7, 11) is 2.23. The van der Waals surface area contributed by atoms with Crippen molar-refractivity contribution in [1.82, 2.24) is 4.90 Å². The van der Waals surface area contributed by atoms with Crippen LogP contribution in [0.3, 0.4) is 0 Å². The summed E-state index contributed by atoms with van der Waals surface area (Å²) < 4.78 is 0. The molecule has 60 valence electrons. The molecule has 10 heavy (non-hydrogen) atoms. The van der Waals surface area contributed by atoms with Crippen LogP contribution in [0.4, 0.5) is 0 Å². The van der Waals surface area contributed by atoms with Gasteiger partial charge in [-0.3, -0.25) is 4.90 Å². The number of hydrogen-bond acceptors (Lipinski definition) is 2. The largest absolute Gasteiger partial charge is 0.293 e. The monoisotopic (exact) mass is 159 g/mol. The molecule has 1 unspecified atom stereocenters. The molecule has 0 N–H and O–H groups in total. The molecule has 1 nitrogen and oxygen atoms in total. The van der Waals surface area contributed by atoms with Gasteiger partial charge in [-0.15, -0.1) is 11.8 Å². The highest BCUT2D eigenvalue weighted by atomic mass is 32.2. The molecular weight excluding hydrogens is 142 g/mol. The van der Waals surface area contributed by atoms with Crippen LogP contribution in [0, 0.1) is 5.92 Å². The fourth-order valence-electron chi connectivity index (χ4n) is 1.41. The third-order valence-electron chi connectivity index (χ3n) is 2.45. The molecule has 1 aliphatic rings. The molecule has 0 aromatic heterocycles. The summed E-state index contributed by atoms with van der Waals surface area (Å²) in [6.07, 6.45) is 1.32. The van der Waals surface area contributed by atoms with Crippen LogP contribution in [0.2, 0.25) is 0 Å². The Morgan fingerprint density at radius 3 is 2.80 bits per heavy atom. The van der Waals surface area contributed by atoms with Crippen molar-refractivity contribution in [3.05, 3.63) is 0 Å².